The second-order valence-electron chi connectivity index (χ2n) is 4.12. The van der Waals surface area contributed by atoms with Crippen LogP contribution in [0.25, 0.3) is 0 Å². The number of halogens is 1. The van der Waals surface area contributed by atoms with Crippen molar-refractivity contribution in [2.24, 2.45) is 5.84 Å². The first kappa shape index (κ1) is 14.0. The fourth-order valence-corrected chi connectivity index (χ4v) is 2.93. The van der Waals surface area contributed by atoms with E-state index in [1.165, 1.54) is 30.6 Å². The maximum atomic E-state index is 5.90. The summed E-state index contributed by atoms with van der Waals surface area (Å²) in [5.74, 6) is 5.56. The minimum absolute atomic E-state index is 0.381. The molecule has 1 atom stereocenters. The molecular weight excluding hydrogens is 240 g/mol. The Hall–Kier alpha value is -0.0900. The van der Waals surface area contributed by atoms with E-state index in [4.69, 9.17) is 17.4 Å². The van der Waals surface area contributed by atoms with Gasteiger partial charge in [-0.05, 0) is 25.0 Å². The molecule has 16 heavy (non-hydrogen) atoms. The van der Waals surface area contributed by atoms with Crippen molar-refractivity contribution in [3.05, 3.63) is 21.3 Å². The smallest absolute Gasteiger partial charge is 0.0931 e. The molecule has 92 valence electrons. The van der Waals surface area contributed by atoms with Gasteiger partial charge in [0.15, 0.2) is 0 Å². The molecule has 0 aliphatic rings. The second kappa shape index (κ2) is 8.07. The minimum Gasteiger partial charge on any atom is -0.271 e. The van der Waals surface area contributed by atoms with Gasteiger partial charge in [-0.2, -0.15) is 0 Å². The Bertz CT molecular complexity index is 288. The number of hydrogen-bond acceptors (Lipinski definition) is 3. The van der Waals surface area contributed by atoms with E-state index in [-0.39, 0.29) is 0 Å². The van der Waals surface area contributed by atoms with Gasteiger partial charge < -0.3 is 0 Å². The Morgan fingerprint density at radius 1 is 1.38 bits per heavy atom. The fourth-order valence-electron chi connectivity index (χ4n) is 1.77. The molecular formula is C12H21ClN2S. The molecule has 1 aromatic heterocycles. The molecule has 4 heteroatoms. The van der Waals surface area contributed by atoms with Crippen LogP contribution in [-0.2, 0) is 6.42 Å². The summed E-state index contributed by atoms with van der Waals surface area (Å²) in [6.07, 6.45) is 7.29. The van der Waals surface area contributed by atoms with Crippen LogP contribution in [0.4, 0.5) is 0 Å². The molecule has 1 heterocycles. The highest BCUT2D eigenvalue weighted by Crippen LogP contribution is 2.23. The number of nitrogens with two attached hydrogens (primary N) is 1. The summed E-state index contributed by atoms with van der Waals surface area (Å²) in [6.45, 7) is 2.23. The van der Waals surface area contributed by atoms with E-state index in [2.05, 4.69) is 18.4 Å². The van der Waals surface area contributed by atoms with Crippen LogP contribution in [0.2, 0.25) is 4.34 Å². The predicted octanol–water partition coefficient (Wildman–Crippen LogP) is 3.75. The lowest BCUT2D eigenvalue weighted by Crippen LogP contribution is -2.36. The molecule has 0 radical (unpaired) electrons. The maximum absolute atomic E-state index is 5.90. The third-order valence-electron chi connectivity index (χ3n) is 2.72. The lowest BCUT2D eigenvalue weighted by molar-refractivity contribution is 0.465. The predicted molar refractivity (Wildman–Crippen MR) is 72.9 cm³/mol. The zero-order valence-corrected chi connectivity index (χ0v) is 11.4. The third kappa shape index (κ3) is 5.30. The first-order valence-corrected chi connectivity index (χ1v) is 7.16. The number of unbranched alkanes of at least 4 members (excludes halogenated alkanes) is 3. The Morgan fingerprint density at radius 2 is 2.19 bits per heavy atom. The Balaban J connectivity index is 2.26. The van der Waals surface area contributed by atoms with Gasteiger partial charge in [0.1, 0.15) is 0 Å². The van der Waals surface area contributed by atoms with E-state index in [9.17, 15) is 0 Å². The van der Waals surface area contributed by atoms with Crippen LogP contribution in [0, 0.1) is 0 Å². The minimum atomic E-state index is 0.381. The first-order valence-electron chi connectivity index (χ1n) is 5.96. The van der Waals surface area contributed by atoms with E-state index >= 15 is 0 Å². The molecule has 0 bridgehead atoms. The van der Waals surface area contributed by atoms with E-state index in [0.717, 1.165) is 17.2 Å². The molecule has 1 aromatic rings. The normalized spacial score (nSPS) is 12.9. The van der Waals surface area contributed by atoms with Gasteiger partial charge in [-0.25, -0.2) is 0 Å². The van der Waals surface area contributed by atoms with Crippen LogP contribution in [0.5, 0.6) is 0 Å². The molecule has 0 fully saturated rings. The van der Waals surface area contributed by atoms with Crippen molar-refractivity contribution in [3.63, 3.8) is 0 Å². The van der Waals surface area contributed by atoms with E-state index < -0.39 is 0 Å². The standard InChI is InChI=1S/C12H21ClN2S/c1-2-3-4-5-6-10(15-14)9-11-7-8-12(13)16-11/h7-8,10,15H,2-6,9,14H2,1H3. The van der Waals surface area contributed by atoms with Crippen molar-refractivity contribution < 1.29 is 0 Å². The highest BCUT2D eigenvalue weighted by molar-refractivity contribution is 7.16. The average molecular weight is 261 g/mol. The van der Waals surface area contributed by atoms with Crippen molar-refractivity contribution in [1.82, 2.24) is 5.43 Å². The van der Waals surface area contributed by atoms with Gasteiger partial charge in [0.05, 0.1) is 4.34 Å². The fraction of sp³-hybridized carbons (Fsp3) is 0.667. The van der Waals surface area contributed by atoms with Crippen molar-refractivity contribution >= 4 is 22.9 Å². The van der Waals surface area contributed by atoms with Gasteiger partial charge in [-0.15, -0.1) is 11.3 Å². The zero-order valence-electron chi connectivity index (χ0n) is 9.84. The molecule has 0 aliphatic heterocycles. The number of hydrogen-bond donors (Lipinski definition) is 2. The van der Waals surface area contributed by atoms with E-state index in [1.807, 2.05) is 6.07 Å². The molecule has 3 N–H and O–H groups in total. The Kier molecular flexibility index (Phi) is 7.05. The summed E-state index contributed by atoms with van der Waals surface area (Å²) in [5, 5.41) is 0. The number of hydrazine groups is 1. The van der Waals surface area contributed by atoms with Crippen molar-refractivity contribution in [2.75, 3.05) is 0 Å². The summed E-state index contributed by atoms with van der Waals surface area (Å²) < 4.78 is 0.858. The number of thiophene rings is 1. The van der Waals surface area contributed by atoms with Crippen molar-refractivity contribution in [3.8, 4) is 0 Å². The monoisotopic (exact) mass is 260 g/mol. The van der Waals surface area contributed by atoms with Crippen molar-refractivity contribution in [2.45, 2.75) is 51.5 Å². The van der Waals surface area contributed by atoms with Crippen LogP contribution in [0.3, 0.4) is 0 Å². The largest absolute Gasteiger partial charge is 0.271 e. The molecule has 1 rings (SSSR count). The third-order valence-corrected chi connectivity index (χ3v) is 3.97. The molecule has 0 aromatic carbocycles. The van der Waals surface area contributed by atoms with E-state index in [1.54, 1.807) is 11.3 Å². The van der Waals surface area contributed by atoms with Crippen LogP contribution in [0.15, 0.2) is 12.1 Å². The summed E-state index contributed by atoms with van der Waals surface area (Å²) in [5.41, 5.74) is 2.90. The summed E-state index contributed by atoms with van der Waals surface area (Å²) >= 11 is 7.54. The topological polar surface area (TPSA) is 38.0 Å². The van der Waals surface area contributed by atoms with E-state index in [0.29, 0.717) is 6.04 Å². The van der Waals surface area contributed by atoms with Crippen LogP contribution < -0.4 is 11.3 Å². The van der Waals surface area contributed by atoms with Crippen LogP contribution in [-0.4, -0.2) is 6.04 Å². The highest BCUT2D eigenvalue weighted by atomic mass is 35.5. The first-order chi connectivity index (χ1) is 7.76. The highest BCUT2D eigenvalue weighted by Gasteiger charge is 2.08. The summed E-state index contributed by atoms with van der Waals surface area (Å²) in [7, 11) is 0. The molecule has 0 amide bonds. The summed E-state index contributed by atoms with van der Waals surface area (Å²) in [4.78, 5) is 1.31. The molecule has 0 spiro atoms. The van der Waals surface area contributed by atoms with Crippen molar-refractivity contribution in [1.29, 1.82) is 0 Å². The molecule has 0 saturated carbocycles. The summed E-state index contributed by atoms with van der Waals surface area (Å²) in [6, 6.07) is 4.42. The van der Waals surface area contributed by atoms with Crippen LogP contribution >= 0.6 is 22.9 Å². The molecule has 1 unspecified atom stereocenters. The second-order valence-corrected chi connectivity index (χ2v) is 5.92. The Labute approximate surface area is 107 Å². The van der Waals surface area contributed by atoms with Gasteiger partial charge in [-0.3, -0.25) is 11.3 Å². The molecule has 0 saturated heterocycles. The van der Waals surface area contributed by atoms with Gasteiger partial charge in [0.2, 0.25) is 0 Å². The quantitative estimate of drug-likeness (QED) is 0.424. The average Bonchev–Trinajstić information content (AvgIpc) is 2.68. The molecule has 0 aliphatic carbocycles. The Morgan fingerprint density at radius 3 is 2.75 bits per heavy atom. The SMILES string of the molecule is CCCCCCC(Cc1ccc(Cl)s1)NN. The van der Waals surface area contributed by atoms with Gasteiger partial charge >= 0.3 is 0 Å². The lowest BCUT2D eigenvalue weighted by atomic mass is 10.0. The lowest BCUT2D eigenvalue weighted by Gasteiger charge is -2.14. The van der Waals surface area contributed by atoms with Gasteiger partial charge in [-0.1, -0.05) is 44.2 Å². The zero-order chi connectivity index (χ0) is 11.8. The maximum Gasteiger partial charge on any atom is 0.0931 e. The van der Waals surface area contributed by atoms with Crippen LogP contribution in [0.1, 0.15) is 43.9 Å². The molecule has 2 nitrogen and oxygen atoms in total. The van der Waals surface area contributed by atoms with Gasteiger partial charge in [0, 0.05) is 10.9 Å². The number of rotatable bonds is 8. The number of nitrogens with one attached hydrogen (secondary N) is 1. The van der Waals surface area contributed by atoms with Gasteiger partial charge in [0.25, 0.3) is 0 Å².